The molecule has 11 heavy (non-hydrogen) atoms. The second kappa shape index (κ2) is 3.85. The quantitative estimate of drug-likeness (QED) is 0.429. The molecule has 2 nitrogen and oxygen atoms in total. The lowest BCUT2D eigenvalue weighted by Crippen LogP contribution is -2.18. The summed E-state index contributed by atoms with van der Waals surface area (Å²) in [5.74, 6) is 4.55. The molecule has 0 aliphatic heterocycles. The molecule has 0 atom stereocenters. The third-order valence-electron chi connectivity index (χ3n) is 1.20. The van der Waals surface area contributed by atoms with Gasteiger partial charge in [-0.15, -0.1) is 12.8 Å². The van der Waals surface area contributed by atoms with Crippen molar-refractivity contribution < 1.29 is 9.22 Å². The van der Waals surface area contributed by atoms with Crippen LogP contribution in [0.5, 0.6) is 0 Å². The van der Waals surface area contributed by atoms with E-state index in [-0.39, 0.29) is 5.97 Å². The number of rotatable bonds is 2. The van der Waals surface area contributed by atoms with Crippen LogP contribution in [0.4, 0.5) is 0 Å². The molecule has 0 rings (SSSR count). The molecule has 3 heteroatoms. The van der Waals surface area contributed by atoms with Crippen LogP contribution in [-0.4, -0.2) is 15.7 Å². The second-order valence-electron chi connectivity index (χ2n) is 2.40. The molecule has 0 amide bonds. The van der Waals surface area contributed by atoms with Crippen LogP contribution in [0.25, 0.3) is 0 Å². The van der Waals surface area contributed by atoms with Gasteiger partial charge in [0, 0.05) is 6.92 Å². The summed E-state index contributed by atoms with van der Waals surface area (Å²) >= 11 is 0. The topological polar surface area (TPSA) is 26.3 Å². The van der Waals surface area contributed by atoms with E-state index in [0.29, 0.717) is 0 Å². The van der Waals surface area contributed by atoms with Crippen molar-refractivity contribution in [2.75, 3.05) is 0 Å². The van der Waals surface area contributed by atoms with Gasteiger partial charge in [-0.05, 0) is 6.92 Å². The fourth-order valence-electron chi connectivity index (χ4n) is 0.371. The van der Waals surface area contributed by atoms with Crippen molar-refractivity contribution in [2.45, 2.75) is 18.9 Å². The summed E-state index contributed by atoms with van der Waals surface area (Å²) in [7, 11) is -1.14. The highest BCUT2D eigenvalue weighted by molar-refractivity contribution is 6.38. The summed E-state index contributed by atoms with van der Waals surface area (Å²) in [5, 5.41) is -0.633. The van der Waals surface area contributed by atoms with Crippen molar-refractivity contribution in [3.05, 3.63) is 0 Å². The van der Waals surface area contributed by atoms with E-state index in [0.717, 1.165) is 0 Å². The highest BCUT2D eigenvalue weighted by Crippen LogP contribution is 2.19. The Morgan fingerprint density at radius 3 is 2.27 bits per heavy atom. The predicted molar refractivity (Wildman–Crippen MR) is 46.3 cm³/mol. The summed E-state index contributed by atoms with van der Waals surface area (Å²) in [5.41, 5.74) is 0. The third kappa shape index (κ3) is 3.49. The highest BCUT2D eigenvalue weighted by atomic mass is 28.2. The van der Waals surface area contributed by atoms with Crippen LogP contribution in [0.3, 0.4) is 0 Å². The zero-order valence-electron chi connectivity index (χ0n) is 6.68. The first-order chi connectivity index (χ1) is 5.04. The standard InChI is InChI=1S/C8H10O2Si/c1-5-8(4,6-2)11-10-7(3)9/h1-2H,11H2,3-4H3. The highest BCUT2D eigenvalue weighted by Gasteiger charge is 2.20. The molecule has 0 saturated carbocycles. The fourth-order valence-corrected chi connectivity index (χ4v) is 1.03. The molecule has 0 fully saturated rings. The van der Waals surface area contributed by atoms with E-state index in [9.17, 15) is 4.79 Å². The van der Waals surface area contributed by atoms with Gasteiger partial charge in [0.1, 0.15) is 5.04 Å². The summed E-state index contributed by atoms with van der Waals surface area (Å²) in [6.07, 6.45) is 10.3. The molecule has 58 valence electrons. The van der Waals surface area contributed by atoms with Crippen LogP contribution in [-0.2, 0) is 9.22 Å². The van der Waals surface area contributed by atoms with E-state index in [1.54, 1.807) is 6.92 Å². The maximum Gasteiger partial charge on any atom is 0.289 e. The Kier molecular flexibility index (Phi) is 3.43. The molecule has 0 N–H and O–H groups in total. The summed E-state index contributed by atoms with van der Waals surface area (Å²) in [6.45, 7) is 3.07. The van der Waals surface area contributed by atoms with Crippen LogP contribution >= 0.6 is 0 Å². The van der Waals surface area contributed by atoms with Crippen LogP contribution in [0.1, 0.15) is 13.8 Å². The second-order valence-corrected chi connectivity index (χ2v) is 4.39. The minimum absolute atomic E-state index is 0.312. The zero-order chi connectivity index (χ0) is 8.91. The number of hydrogen-bond donors (Lipinski definition) is 0. The maximum atomic E-state index is 10.4. The van der Waals surface area contributed by atoms with Crippen LogP contribution in [0.2, 0.25) is 5.04 Å². The van der Waals surface area contributed by atoms with Crippen LogP contribution in [0, 0.1) is 24.7 Å². The van der Waals surface area contributed by atoms with Crippen molar-refractivity contribution in [3.8, 4) is 24.7 Å². The van der Waals surface area contributed by atoms with Crippen molar-refractivity contribution >= 4 is 15.7 Å². The van der Waals surface area contributed by atoms with E-state index in [4.69, 9.17) is 17.3 Å². The van der Waals surface area contributed by atoms with Gasteiger partial charge in [0.25, 0.3) is 15.7 Å². The van der Waals surface area contributed by atoms with E-state index in [1.807, 2.05) is 0 Å². The van der Waals surface area contributed by atoms with E-state index in [1.165, 1.54) is 6.92 Å². The Morgan fingerprint density at radius 2 is 2.00 bits per heavy atom. The Hall–Kier alpha value is -1.19. The average Bonchev–Trinajstić information content (AvgIpc) is 2.00. The minimum Gasteiger partial charge on any atom is -0.523 e. The molecule has 0 heterocycles. The summed E-state index contributed by atoms with van der Waals surface area (Å²) < 4.78 is 4.80. The lowest BCUT2D eigenvalue weighted by molar-refractivity contribution is -0.132. The van der Waals surface area contributed by atoms with Gasteiger partial charge >= 0.3 is 0 Å². The van der Waals surface area contributed by atoms with Crippen molar-refractivity contribution in [2.24, 2.45) is 0 Å². The number of carbonyl (C=O) groups is 1. The first-order valence-electron chi connectivity index (χ1n) is 3.13. The molecule has 0 unspecified atom stereocenters. The van der Waals surface area contributed by atoms with Crippen molar-refractivity contribution in [1.82, 2.24) is 0 Å². The fraction of sp³-hybridized carbons (Fsp3) is 0.375. The van der Waals surface area contributed by atoms with Crippen molar-refractivity contribution in [1.29, 1.82) is 0 Å². The first kappa shape index (κ1) is 9.81. The minimum atomic E-state index is -1.14. The lowest BCUT2D eigenvalue weighted by Gasteiger charge is -2.13. The molecule has 0 aliphatic carbocycles. The Labute approximate surface area is 69.3 Å². The van der Waals surface area contributed by atoms with Gasteiger partial charge in [-0.25, -0.2) is 0 Å². The molecular formula is C8H10O2Si. The number of terminal acetylenes is 2. The maximum absolute atomic E-state index is 10.4. The van der Waals surface area contributed by atoms with Gasteiger partial charge in [-0.3, -0.25) is 4.79 Å². The number of carbonyl (C=O) groups excluding carboxylic acids is 1. The van der Waals surface area contributed by atoms with Crippen LogP contribution < -0.4 is 0 Å². The average molecular weight is 166 g/mol. The Morgan fingerprint density at radius 1 is 1.55 bits per heavy atom. The van der Waals surface area contributed by atoms with Gasteiger partial charge in [0.05, 0.1) is 0 Å². The molecule has 0 spiro atoms. The van der Waals surface area contributed by atoms with Gasteiger partial charge < -0.3 is 4.43 Å². The van der Waals surface area contributed by atoms with Gasteiger partial charge in [-0.1, -0.05) is 11.8 Å². The monoisotopic (exact) mass is 166 g/mol. The van der Waals surface area contributed by atoms with E-state index in [2.05, 4.69) is 11.8 Å². The Bertz CT molecular complexity index is 217. The van der Waals surface area contributed by atoms with Crippen molar-refractivity contribution in [3.63, 3.8) is 0 Å². The van der Waals surface area contributed by atoms with Gasteiger partial charge in [0.2, 0.25) is 0 Å². The largest absolute Gasteiger partial charge is 0.523 e. The molecule has 0 radical (unpaired) electrons. The zero-order valence-corrected chi connectivity index (χ0v) is 8.09. The molecule has 0 aromatic heterocycles. The normalized spacial score (nSPS) is 10.5. The Balaban J connectivity index is 4.05. The smallest absolute Gasteiger partial charge is 0.289 e. The lowest BCUT2D eigenvalue weighted by atomic mass is 10.2. The first-order valence-corrected chi connectivity index (χ1v) is 4.41. The van der Waals surface area contributed by atoms with Crippen LogP contribution in [0.15, 0.2) is 0 Å². The van der Waals surface area contributed by atoms with E-state index < -0.39 is 14.8 Å². The SMILES string of the molecule is C#CC(C)(C#C)[SiH2]OC(C)=O. The third-order valence-corrected chi connectivity index (χ3v) is 2.74. The molecule has 0 bridgehead atoms. The summed E-state index contributed by atoms with van der Waals surface area (Å²) in [6, 6.07) is 0. The number of hydrogen-bond acceptors (Lipinski definition) is 2. The summed E-state index contributed by atoms with van der Waals surface area (Å²) in [4.78, 5) is 10.4. The van der Waals surface area contributed by atoms with Gasteiger partial charge in [-0.2, -0.15) is 0 Å². The van der Waals surface area contributed by atoms with Gasteiger partial charge in [0.15, 0.2) is 0 Å². The molecular weight excluding hydrogens is 156 g/mol. The molecule has 0 aliphatic rings. The molecule has 0 aromatic rings. The molecule has 0 aromatic carbocycles. The van der Waals surface area contributed by atoms with E-state index >= 15 is 0 Å². The predicted octanol–water partition coefficient (Wildman–Crippen LogP) is 0.0783. The molecule has 0 saturated heterocycles.